The molecule has 0 heterocycles. The first-order valence-corrected chi connectivity index (χ1v) is 7.59. The van der Waals surface area contributed by atoms with Gasteiger partial charge in [-0.3, -0.25) is 4.99 Å². The molecule has 0 saturated carbocycles. The van der Waals surface area contributed by atoms with E-state index in [1.165, 1.54) is 11.1 Å². The average molecular weight is 275 g/mol. The first kappa shape index (κ1) is 16.5. The topological polar surface area (TPSA) is 36.4 Å². The Morgan fingerprint density at radius 3 is 2.25 bits per heavy atom. The number of nitrogens with one attached hydrogen (secondary N) is 2. The van der Waals surface area contributed by atoms with Crippen molar-refractivity contribution in [2.24, 2.45) is 4.99 Å². The standard InChI is InChI=1S/C17H29N3/c1-13(2)16-10-8-15(9-11-16)7-6-12-19-17(18-5)20-14(3)4/h8-11,13-14H,6-7,12H2,1-5H3,(H2,18,19,20). The normalized spacial score (nSPS) is 12.1. The van der Waals surface area contributed by atoms with E-state index >= 15 is 0 Å². The third-order valence-corrected chi connectivity index (χ3v) is 3.23. The van der Waals surface area contributed by atoms with Gasteiger partial charge in [-0.2, -0.15) is 0 Å². The number of guanidine groups is 1. The summed E-state index contributed by atoms with van der Waals surface area (Å²) >= 11 is 0. The Labute approximate surface area is 123 Å². The van der Waals surface area contributed by atoms with Crippen LogP contribution < -0.4 is 10.6 Å². The predicted molar refractivity (Wildman–Crippen MR) is 88.5 cm³/mol. The van der Waals surface area contributed by atoms with Crippen LogP contribution in [0.4, 0.5) is 0 Å². The summed E-state index contributed by atoms with van der Waals surface area (Å²) in [7, 11) is 1.81. The molecule has 112 valence electrons. The highest BCUT2D eigenvalue weighted by atomic mass is 15.2. The summed E-state index contributed by atoms with van der Waals surface area (Å²) in [6.45, 7) is 9.63. The van der Waals surface area contributed by atoms with Crippen molar-refractivity contribution < 1.29 is 0 Å². The summed E-state index contributed by atoms with van der Waals surface area (Å²) in [6, 6.07) is 9.39. The molecule has 0 fully saturated rings. The van der Waals surface area contributed by atoms with E-state index in [1.54, 1.807) is 0 Å². The van der Waals surface area contributed by atoms with Gasteiger partial charge in [0, 0.05) is 19.6 Å². The molecule has 3 heteroatoms. The van der Waals surface area contributed by atoms with Gasteiger partial charge in [-0.05, 0) is 43.7 Å². The lowest BCUT2D eigenvalue weighted by Gasteiger charge is -2.14. The summed E-state index contributed by atoms with van der Waals surface area (Å²) in [5, 5.41) is 6.63. The fraction of sp³-hybridized carbons (Fsp3) is 0.588. The molecule has 0 amide bonds. The third kappa shape index (κ3) is 6.09. The zero-order valence-corrected chi connectivity index (χ0v) is 13.5. The average Bonchev–Trinajstić information content (AvgIpc) is 2.42. The highest BCUT2D eigenvalue weighted by Crippen LogP contribution is 2.15. The van der Waals surface area contributed by atoms with Crippen LogP contribution >= 0.6 is 0 Å². The highest BCUT2D eigenvalue weighted by molar-refractivity contribution is 5.79. The van der Waals surface area contributed by atoms with Crippen LogP contribution in [0, 0.1) is 0 Å². The molecular formula is C17H29N3. The van der Waals surface area contributed by atoms with Gasteiger partial charge < -0.3 is 10.6 Å². The maximum absolute atomic E-state index is 4.20. The summed E-state index contributed by atoms with van der Waals surface area (Å²) in [6.07, 6.45) is 2.21. The van der Waals surface area contributed by atoms with Crippen LogP contribution in [0.3, 0.4) is 0 Å². The molecule has 0 aliphatic carbocycles. The molecule has 0 saturated heterocycles. The van der Waals surface area contributed by atoms with Gasteiger partial charge >= 0.3 is 0 Å². The molecule has 0 radical (unpaired) electrons. The van der Waals surface area contributed by atoms with Crippen LogP contribution in [-0.4, -0.2) is 25.6 Å². The molecule has 1 aromatic carbocycles. The molecule has 3 nitrogen and oxygen atoms in total. The SMILES string of the molecule is CN=C(NCCCc1ccc(C(C)C)cc1)NC(C)C. The molecule has 1 rings (SSSR count). The molecule has 0 spiro atoms. The Hall–Kier alpha value is -1.51. The van der Waals surface area contributed by atoms with E-state index in [0.29, 0.717) is 12.0 Å². The predicted octanol–water partition coefficient (Wildman–Crippen LogP) is 3.32. The first-order chi connectivity index (χ1) is 9.52. The quantitative estimate of drug-likeness (QED) is 0.475. The van der Waals surface area contributed by atoms with Crippen LogP contribution in [0.5, 0.6) is 0 Å². The molecule has 20 heavy (non-hydrogen) atoms. The lowest BCUT2D eigenvalue weighted by molar-refractivity contribution is 0.685. The van der Waals surface area contributed by atoms with Crippen LogP contribution in [0.15, 0.2) is 29.3 Å². The molecule has 1 aromatic rings. The van der Waals surface area contributed by atoms with Crippen molar-refractivity contribution in [1.29, 1.82) is 0 Å². The Morgan fingerprint density at radius 1 is 1.10 bits per heavy atom. The number of aryl methyl sites for hydroxylation is 1. The van der Waals surface area contributed by atoms with Gasteiger partial charge in [-0.25, -0.2) is 0 Å². The first-order valence-electron chi connectivity index (χ1n) is 7.59. The maximum Gasteiger partial charge on any atom is 0.191 e. The molecule has 0 aromatic heterocycles. The van der Waals surface area contributed by atoms with Gasteiger partial charge in [0.15, 0.2) is 5.96 Å². The largest absolute Gasteiger partial charge is 0.356 e. The monoisotopic (exact) mass is 275 g/mol. The van der Waals surface area contributed by atoms with E-state index in [9.17, 15) is 0 Å². The number of hydrogen-bond acceptors (Lipinski definition) is 1. The lowest BCUT2D eigenvalue weighted by atomic mass is 10.0. The molecule has 0 aliphatic heterocycles. The second-order valence-electron chi connectivity index (χ2n) is 5.80. The van der Waals surface area contributed by atoms with E-state index in [4.69, 9.17) is 0 Å². The summed E-state index contributed by atoms with van der Waals surface area (Å²) in [5.41, 5.74) is 2.82. The van der Waals surface area contributed by atoms with Gasteiger partial charge in [0.25, 0.3) is 0 Å². The molecule has 0 unspecified atom stereocenters. The molecule has 0 aliphatic rings. The van der Waals surface area contributed by atoms with Crippen molar-refractivity contribution in [3.8, 4) is 0 Å². The van der Waals surface area contributed by atoms with E-state index in [-0.39, 0.29) is 0 Å². The zero-order chi connectivity index (χ0) is 15.0. The summed E-state index contributed by atoms with van der Waals surface area (Å²) in [5.74, 6) is 1.49. The van der Waals surface area contributed by atoms with Crippen molar-refractivity contribution in [3.05, 3.63) is 35.4 Å². The number of benzene rings is 1. The van der Waals surface area contributed by atoms with Crippen LogP contribution in [0.2, 0.25) is 0 Å². The van der Waals surface area contributed by atoms with E-state index in [1.807, 2.05) is 7.05 Å². The van der Waals surface area contributed by atoms with Crippen molar-refractivity contribution in [2.75, 3.05) is 13.6 Å². The summed E-state index contributed by atoms with van der Waals surface area (Å²) < 4.78 is 0. The van der Waals surface area contributed by atoms with E-state index in [2.05, 4.69) is 67.6 Å². The van der Waals surface area contributed by atoms with Crippen molar-refractivity contribution in [1.82, 2.24) is 10.6 Å². The van der Waals surface area contributed by atoms with E-state index < -0.39 is 0 Å². The number of aliphatic imine (C=N–C) groups is 1. The van der Waals surface area contributed by atoms with Gasteiger partial charge in [0.05, 0.1) is 0 Å². The second kappa shape index (κ2) is 8.62. The molecule has 0 atom stereocenters. The zero-order valence-electron chi connectivity index (χ0n) is 13.5. The minimum atomic E-state index is 0.407. The van der Waals surface area contributed by atoms with Crippen LogP contribution in [0.25, 0.3) is 0 Å². The highest BCUT2D eigenvalue weighted by Gasteiger charge is 2.01. The smallest absolute Gasteiger partial charge is 0.191 e. The Balaban J connectivity index is 2.30. The minimum absolute atomic E-state index is 0.407. The third-order valence-electron chi connectivity index (χ3n) is 3.23. The van der Waals surface area contributed by atoms with Gasteiger partial charge in [0.2, 0.25) is 0 Å². The lowest BCUT2D eigenvalue weighted by Crippen LogP contribution is -2.41. The summed E-state index contributed by atoms with van der Waals surface area (Å²) in [4.78, 5) is 4.20. The van der Waals surface area contributed by atoms with Gasteiger partial charge in [-0.1, -0.05) is 38.1 Å². The fourth-order valence-electron chi connectivity index (χ4n) is 2.04. The number of nitrogens with zero attached hydrogens (tertiary/aromatic N) is 1. The van der Waals surface area contributed by atoms with Gasteiger partial charge in [-0.15, -0.1) is 0 Å². The molecule has 2 N–H and O–H groups in total. The van der Waals surface area contributed by atoms with Crippen molar-refractivity contribution >= 4 is 5.96 Å². The fourth-order valence-corrected chi connectivity index (χ4v) is 2.04. The Kier molecular flexibility index (Phi) is 7.13. The number of hydrogen-bond donors (Lipinski definition) is 2. The number of rotatable bonds is 6. The van der Waals surface area contributed by atoms with E-state index in [0.717, 1.165) is 25.3 Å². The Bertz CT molecular complexity index is 405. The van der Waals surface area contributed by atoms with Crippen molar-refractivity contribution in [2.45, 2.75) is 52.5 Å². The molecular weight excluding hydrogens is 246 g/mol. The minimum Gasteiger partial charge on any atom is -0.356 e. The molecule has 0 bridgehead atoms. The van der Waals surface area contributed by atoms with Gasteiger partial charge in [0.1, 0.15) is 0 Å². The second-order valence-corrected chi connectivity index (χ2v) is 5.80. The van der Waals surface area contributed by atoms with Crippen molar-refractivity contribution in [3.63, 3.8) is 0 Å². The van der Waals surface area contributed by atoms with Crippen LogP contribution in [0.1, 0.15) is 51.2 Å². The van der Waals surface area contributed by atoms with Crippen LogP contribution in [-0.2, 0) is 6.42 Å². The maximum atomic E-state index is 4.20. The Morgan fingerprint density at radius 2 is 1.75 bits per heavy atom.